The Hall–Kier alpha value is -0.610. The third kappa shape index (κ3) is 16.0. The summed E-state index contributed by atoms with van der Waals surface area (Å²) in [5.41, 5.74) is 2.10. The van der Waals surface area contributed by atoms with Gasteiger partial charge in [-0.1, -0.05) is 90.9 Å². The highest BCUT2D eigenvalue weighted by molar-refractivity contribution is 5.76. The van der Waals surface area contributed by atoms with Gasteiger partial charge in [-0.25, -0.2) is 0 Å². The van der Waals surface area contributed by atoms with E-state index in [1.54, 1.807) is 0 Å². The maximum Gasteiger partial charge on any atom is 0.221 e. The van der Waals surface area contributed by atoms with Crippen LogP contribution >= 0.6 is 0 Å². The Balaban J connectivity index is 3.20. The highest BCUT2D eigenvalue weighted by atomic mass is 16.5. The fourth-order valence-corrected chi connectivity index (χ4v) is 2.80. The van der Waals surface area contributed by atoms with Gasteiger partial charge in [-0.05, 0) is 12.8 Å². The zero-order chi connectivity index (χ0) is 17.2. The Kier molecular flexibility index (Phi) is 17.3. The fourth-order valence-electron chi connectivity index (χ4n) is 2.80. The van der Waals surface area contributed by atoms with Crippen LogP contribution in [-0.4, -0.2) is 17.3 Å². The Labute approximate surface area is 143 Å². The molecule has 0 aliphatic carbocycles. The average Bonchev–Trinajstić information content (AvgIpc) is 2.56. The lowest BCUT2D eigenvalue weighted by Gasteiger charge is -2.14. The lowest BCUT2D eigenvalue weighted by atomic mass is 10.0. The number of nitrogens with one attached hydrogen (secondary N) is 2. The summed E-state index contributed by atoms with van der Waals surface area (Å²) in [5.74, 6) is 0.0291. The molecule has 0 fully saturated rings. The first-order valence-electron chi connectivity index (χ1n) is 9.93. The first-order valence-corrected chi connectivity index (χ1v) is 9.93. The molecule has 4 nitrogen and oxygen atoms in total. The largest absolute Gasteiger partial charge is 0.339 e. The van der Waals surface area contributed by atoms with E-state index in [2.05, 4.69) is 17.7 Å². The van der Waals surface area contributed by atoms with Crippen molar-refractivity contribution in [2.24, 2.45) is 0 Å². The van der Waals surface area contributed by atoms with Gasteiger partial charge in [-0.3, -0.25) is 4.79 Å². The molecule has 23 heavy (non-hydrogen) atoms. The summed E-state index contributed by atoms with van der Waals surface area (Å²) in [6.07, 6.45) is 18.0. The molecule has 0 saturated carbocycles. The Bertz CT molecular complexity index is 256. The highest BCUT2D eigenvalue weighted by Crippen LogP contribution is 2.12. The van der Waals surface area contributed by atoms with Crippen LogP contribution in [0.4, 0.5) is 0 Å². The number of unbranched alkanes of at least 4 members (excludes halogenated alkanes) is 12. The van der Waals surface area contributed by atoms with Crippen LogP contribution in [0.3, 0.4) is 0 Å². The second kappa shape index (κ2) is 17.7. The van der Waals surface area contributed by atoms with Crippen LogP contribution in [-0.2, 0) is 4.79 Å². The van der Waals surface area contributed by atoms with Crippen LogP contribution in [0.5, 0.6) is 0 Å². The monoisotopic (exact) mass is 328 g/mol. The predicted octanol–water partition coefficient (Wildman–Crippen LogP) is 5.30. The first-order chi connectivity index (χ1) is 11.2. The van der Waals surface area contributed by atoms with E-state index in [1.807, 2.05) is 6.92 Å². The summed E-state index contributed by atoms with van der Waals surface area (Å²) in [6.45, 7) is 4.18. The summed E-state index contributed by atoms with van der Waals surface area (Å²) < 4.78 is 0. The smallest absolute Gasteiger partial charge is 0.221 e. The molecule has 0 aromatic rings. The zero-order valence-corrected chi connectivity index (χ0v) is 15.5. The molecule has 4 heteroatoms. The quantitative estimate of drug-likeness (QED) is 0.193. The topological polar surface area (TPSA) is 61.4 Å². The third-order valence-electron chi connectivity index (χ3n) is 4.41. The van der Waals surface area contributed by atoms with Crippen molar-refractivity contribution >= 4 is 5.91 Å². The standard InChI is InChI=1S/C19H40N2O2/c1-3-5-6-7-8-9-10-11-12-13-14-15-16-17-19(22)20-18(4-2)21-23/h18,21,23H,3-17H2,1-2H3,(H,20,22). The molecule has 0 spiro atoms. The second-order valence-corrected chi connectivity index (χ2v) is 6.65. The van der Waals surface area contributed by atoms with Crippen molar-refractivity contribution in [2.75, 3.05) is 0 Å². The molecule has 1 amide bonds. The van der Waals surface area contributed by atoms with Crippen molar-refractivity contribution in [3.63, 3.8) is 0 Å². The Morgan fingerprint density at radius 2 is 1.22 bits per heavy atom. The molecule has 0 aliphatic rings. The molecule has 0 saturated heterocycles. The lowest BCUT2D eigenvalue weighted by Crippen LogP contribution is -2.43. The average molecular weight is 329 g/mol. The van der Waals surface area contributed by atoms with Gasteiger partial charge in [0.25, 0.3) is 0 Å². The number of rotatable bonds is 17. The maximum atomic E-state index is 11.6. The van der Waals surface area contributed by atoms with Crippen LogP contribution < -0.4 is 10.8 Å². The maximum absolute atomic E-state index is 11.6. The highest BCUT2D eigenvalue weighted by Gasteiger charge is 2.07. The van der Waals surface area contributed by atoms with E-state index in [9.17, 15) is 4.79 Å². The van der Waals surface area contributed by atoms with Gasteiger partial charge in [0.2, 0.25) is 5.91 Å². The molecular formula is C19H40N2O2. The van der Waals surface area contributed by atoms with Crippen molar-refractivity contribution in [1.82, 2.24) is 10.8 Å². The van der Waals surface area contributed by atoms with Crippen LogP contribution in [0.1, 0.15) is 110 Å². The van der Waals surface area contributed by atoms with E-state index in [4.69, 9.17) is 5.21 Å². The first kappa shape index (κ1) is 22.4. The van der Waals surface area contributed by atoms with E-state index in [0.717, 1.165) is 12.8 Å². The van der Waals surface area contributed by atoms with Crippen LogP contribution in [0.25, 0.3) is 0 Å². The molecular weight excluding hydrogens is 288 g/mol. The fraction of sp³-hybridized carbons (Fsp3) is 0.947. The van der Waals surface area contributed by atoms with Crippen molar-refractivity contribution in [2.45, 2.75) is 116 Å². The van der Waals surface area contributed by atoms with Gasteiger partial charge in [0.05, 0.1) is 0 Å². The number of carbonyl (C=O) groups excluding carboxylic acids is 1. The van der Waals surface area contributed by atoms with Crippen LogP contribution in [0, 0.1) is 0 Å². The summed E-state index contributed by atoms with van der Waals surface area (Å²) in [4.78, 5) is 11.6. The molecule has 138 valence electrons. The minimum absolute atomic E-state index is 0.0291. The van der Waals surface area contributed by atoms with Crippen molar-refractivity contribution in [1.29, 1.82) is 0 Å². The third-order valence-corrected chi connectivity index (χ3v) is 4.41. The van der Waals surface area contributed by atoms with E-state index in [0.29, 0.717) is 12.8 Å². The summed E-state index contributed by atoms with van der Waals surface area (Å²) in [6, 6.07) is 0. The van der Waals surface area contributed by atoms with Gasteiger partial charge >= 0.3 is 0 Å². The number of hydroxylamine groups is 1. The molecule has 1 atom stereocenters. The van der Waals surface area contributed by atoms with Gasteiger partial charge in [0.1, 0.15) is 6.17 Å². The summed E-state index contributed by atoms with van der Waals surface area (Å²) in [7, 11) is 0. The number of hydrogen-bond acceptors (Lipinski definition) is 3. The molecule has 0 aromatic heterocycles. The van der Waals surface area contributed by atoms with Crippen molar-refractivity contribution in [3.8, 4) is 0 Å². The molecule has 0 rings (SSSR count). The van der Waals surface area contributed by atoms with Gasteiger partial charge < -0.3 is 10.5 Å². The van der Waals surface area contributed by atoms with Crippen LogP contribution in [0.15, 0.2) is 0 Å². The molecule has 3 N–H and O–H groups in total. The molecule has 0 radical (unpaired) electrons. The predicted molar refractivity (Wildman–Crippen MR) is 97.5 cm³/mol. The van der Waals surface area contributed by atoms with E-state index < -0.39 is 0 Å². The molecule has 0 aliphatic heterocycles. The summed E-state index contributed by atoms with van der Waals surface area (Å²) in [5, 5.41) is 11.6. The van der Waals surface area contributed by atoms with Crippen LogP contribution in [0.2, 0.25) is 0 Å². The van der Waals surface area contributed by atoms with E-state index in [1.165, 1.54) is 70.6 Å². The molecule has 0 bridgehead atoms. The van der Waals surface area contributed by atoms with Crippen molar-refractivity contribution < 1.29 is 10.0 Å². The zero-order valence-electron chi connectivity index (χ0n) is 15.5. The SMILES string of the molecule is CCCCCCCCCCCCCCCC(=O)NC(CC)NO. The van der Waals surface area contributed by atoms with Gasteiger partial charge in [0.15, 0.2) is 0 Å². The Morgan fingerprint density at radius 3 is 1.61 bits per heavy atom. The number of carbonyl (C=O) groups is 1. The Morgan fingerprint density at radius 1 is 0.783 bits per heavy atom. The number of hydrogen-bond donors (Lipinski definition) is 3. The number of amides is 1. The van der Waals surface area contributed by atoms with E-state index in [-0.39, 0.29) is 12.1 Å². The van der Waals surface area contributed by atoms with Crippen molar-refractivity contribution in [3.05, 3.63) is 0 Å². The second-order valence-electron chi connectivity index (χ2n) is 6.65. The van der Waals surface area contributed by atoms with E-state index >= 15 is 0 Å². The molecule has 0 aromatic carbocycles. The van der Waals surface area contributed by atoms with Gasteiger partial charge in [-0.2, -0.15) is 5.48 Å². The van der Waals surface area contributed by atoms with Gasteiger partial charge in [0, 0.05) is 6.42 Å². The molecule has 0 heterocycles. The lowest BCUT2D eigenvalue weighted by molar-refractivity contribution is -0.123. The van der Waals surface area contributed by atoms with Gasteiger partial charge in [-0.15, -0.1) is 0 Å². The minimum atomic E-state index is -0.315. The summed E-state index contributed by atoms with van der Waals surface area (Å²) >= 11 is 0. The minimum Gasteiger partial charge on any atom is -0.339 e. The molecule has 1 unspecified atom stereocenters. The normalized spacial score (nSPS) is 12.3.